The second-order valence-corrected chi connectivity index (χ2v) is 7.54. The van der Waals surface area contributed by atoms with Crippen LogP contribution in [0.4, 0.5) is 0 Å². The van der Waals surface area contributed by atoms with Gasteiger partial charge in [-0.05, 0) is 47.0 Å². The summed E-state index contributed by atoms with van der Waals surface area (Å²) in [5, 5.41) is 0. The zero-order valence-corrected chi connectivity index (χ0v) is 16.1. The zero-order chi connectivity index (χ0) is 18.9. The number of nitrogens with zero attached hydrogens (tertiary/aromatic N) is 4. The first kappa shape index (κ1) is 18.8. The second kappa shape index (κ2) is 7.31. The number of carbonyl (C=O) groups excluding carboxylic acids is 2. The van der Waals surface area contributed by atoms with Gasteiger partial charge in [0.05, 0.1) is 24.4 Å². The lowest BCUT2D eigenvalue weighted by Gasteiger charge is -2.43. The number of likely N-dealkylation sites (tertiary alicyclic amines) is 1. The van der Waals surface area contributed by atoms with Crippen LogP contribution in [0.2, 0.25) is 0 Å². The Kier molecular flexibility index (Phi) is 5.27. The van der Waals surface area contributed by atoms with Crippen molar-refractivity contribution in [1.82, 2.24) is 19.8 Å². The molecule has 1 aromatic heterocycles. The van der Waals surface area contributed by atoms with Gasteiger partial charge in [-0.2, -0.15) is 0 Å². The average molecular weight is 360 g/mol. The Morgan fingerprint density at radius 3 is 2.73 bits per heavy atom. The van der Waals surface area contributed by atoms with Gasteiger partial charge in [-0.25, -0.2) is 9.97 Å². The Labute approximate surface area is 154 Å². The summed E-state index contributed by atoms with van der Waals surface area (Å²) >= 11 is 0. The lowest BCUT2D eigenvalue weighted by molar-refractivity contribution is -0.169. The quantitative estimate of drug-likeness (QED) is 0.803. The molecule has 7 nitrogen and oxygen atoms in total. The molecule has 0 N–H and O–H groups in total. The first-order chi connectivity index (χ1) is 12.3. The van der Waals surface area contributed by atoms with Gasteiger partial charge in [0.2, 0.25) is 0 Å². The van der Waals surface area contributed by atoms with Crippen LogP contribution in [0.3, 0.4) is 0 Å². The molecule has 2 aliphatic heterocycles. The van der Waals surface area contributed by atoms with Gasteiger partial charge in [0.25, 0.3) is 11.8 Å². The predicted molar refractivity (Wildman–Crippen MR) is 96.8 cm³/mol. The van der Waals surface area contributed by atoms with E-state index in [9.17, 15) is 9.59 Å². The SMILES string of the molecule is Cc1ncc(C(=O)N2CCOC3(CCCCN(C(C)C)C3=O)C2)c(C)n1. The molecule has 3 rings (SSSR count). The van der Waals surface area contributed by atoms with Gasteiger partial charge in [-0.15, -0.1) is 0 Å². The molecule has 0 radical (unpaired) electrons. The summed E-state index contributed by atoms with van der Waals surface area (Å²) in [7, 11) is 0. The van der Waals surface area contributed by atoms with Crippen molar-refractivity contribution in [2.45, 2.75) is 58.6 Å². The first-order valence-electron chi connectivity index (χ1n) is 9.38. The predicted octanol–water partition coefficient (Wildman–Crippen LogP) is 1.73. The number of hydrogen-bond acceptors (Lipinski definition) is 5. The number of aromatic nitrogens is 2. The molecule has 1 unspecified atom stereocenters. The van der Waals surface area contributed by atoms with Gasteiger partial charge >= 0.3 is 0 Å². The van der Waals surface area contributed by atoms with Crippen molar-refractivity contribution in [1.29, 1.82) is 0 Å². The molecule has 7 heteroatoms. The van der Waals surface area contributed by atoms with Crippen molar-refractivity contribution in [3.8, 4) is 0 Å². The third kappa shape index (κ3) is 3.45. The highest BCUT2D eigenvalue weighted by Gasteiger charge is 2.48. The molecular formula is C19H28N4O3. The first-order valence-corrected chi connectivity index (χ1v) is 9.38. The van der Waals surface area contributed by atoms with E-state index in [0.717, 1.165) is 19.4 Å². The van der Waals surface area contributed by atoms with E-state index in [1.165, 1.54) is 0 Å². The fourth-order valence-corrected chi connectivity index (χ4v) is 3.86. The van der Waals surface area contributed by atoms with Crippen LogP contribution in [0.25, 0.3) is 0 Å². The number of ether oxygens (including phenoxy) is 1. The van der Waals surface area contributed by atoms with Crippen molar-refractivity contribution in [3.05, 3.63) is 23.3 Å². The van der Waals surface area contributed by atoms with Gasteiger partial charge in [0, 0.05) is 25.3 Å². The summed E-state index contributed by atoms with van der Waals surface area (Å²) in [6, 6.07) is 0.125. The molecule has 26 heavy (non-hydrogen) atoms. The summed E-state index contributed by atoms with van der Waals surface area (Å²) in [5.74, 6) is 0.529. The molecule has 2 fully saturated rings. The van der Waals surface area contributed by atoms with Crippen LogP contribution >= 0.6 is 0 Å². The summed E-state index contributed by atoms with van der Waals surface area (Å²) in [6.07, 6.45) is 4.12. The second-order valence-electron chi connectivity index (χ2n) is 7.54. The smallest absolute Gasteiger partial charge is 0.257 e. The normalized spacial score (nSPS) is 24.3. The van der Waals surface area contributed by atoms with Crippen LogP contribution in [-0.2, 0) is 9.53 Å². The maximum atomic E-state index is 13.2. The number of carbonyl (C=O) groups is 2. The van der Waals surface area contributed by atoms with E-state index in [2.05, 4.69) is 9.97 Å². The van der Waals surface area contributed by atoms with Crippen LogP contribution in [-0.4, -0.2) is 69.5 Å². The van der Waals surface area contributed by atoms with E-state index in [1.807, 2.05) is 25.7 Å². The molecule has 2 amide bonds. The highest BCUT2D eigenvalue weighted by molar-refractivity contribution is 5.96. The summed E-state index contributed by atoms with van der Waals surface area (Å²) in [5.41, 5.74) is 0.238. The lowest BCUT2D eigenvalue weighted by Crippen LogP contribution is -2.61. The number of morpholine rings is 1. The molecule has 0 bridgehead atoms. The highest BCUT2D eigenvalue weighted by Crippen LogP contribution is 2.31. The zero-order valence-electron chi connectivity index (χ0n) is 16.1. The van der Waals surface area contributed by atoms with E-state index >= 15 is 0 Å². The van der Waals surface area contributed by atoms with Gasteiger partial charge in [-0.1, -0.05) is 0 Å². The standard InChI is InChI=1S/C19H28N4O3/c1-13(2)23-8-6-5-7-19(18(23)25)12-22(9-10-26-19)17(24)16-11-20-15(4)21-14(16)3/h11,13H,5-10,12H2,1-4H3. The molecule has 1 spiro atoms. The molecule has 3 heterocycles. The Morgan fingerprint density at radius 1 is 1.27 bits per heavy atom. The monoisotopic (exact) mass is 360 g/mol. The largest absolute Gasteiger partial charge is 0.361 e. The molecule has 1 atom stereocenters. The highest BCUT2D eigenvalue weighted by atomic mass is 16.5. The maximum Gasteiger partial charge on any atom is 0.257 e. The van der Waals surface area contributed by atoms with Crippen molar-refractivity contribution in [2.24, 2.45) is 0 Å². The molecule has 1 aromatic rings. The van der Waals surface area contributed by atoms with E-state index < -0.39 is 5.60 Å². The Hall–Kier alpha value is -2.02. The molecule has 0 saturated carbocycles. The Morgan fingerprint density at radius 2 is 2.04 bits per heavy atom. The van der Waals surface area contributed by atoms with Crippen LogP contribution in [0.5, 0.6) is 0 Å². The van der Waals surface area contributed by atoms with Gasteiger partial charge in [-0.3, -0.25) is 9.59 Å². The molecule has 0 aliphatic carbocycles. The third-order valence-corrected chi connectivity index (χ3v) is 5.31. The van der Waals surface area contributed by atoms with E-state index in [4.69, 9.17) is 4.74 Å². The van der Waals surface area contributed by atoms with Crippen LogP contribution < -0.4 is 0 Å². The van der Waals surface area contributed by atoms with Crippen LogP contribution in [0.15, 0.2) is 6.20 Å². The van der Waals surface area contributed by atoms with Gasteiger partial charge < -0.3 is 14.5 Å². The minimum absolute atomic E-state index is 0.0133. The number of rotatable bonds is 2. The molecule has 2 aliphatic rings. The third-order valence-electron chi connectivity index (χ3n) is 5.31. The fourth-order valence-electron chi connectivity index (χ4n) is 3.86. The maximum absolute atomic E-state index is 13.2. The molecular weight excluding hydrogens is 332 g/mol. The number of hydrogen-bond donors (Lipinski definition) is 0. The number of amides is 2. The average Bonchev–Trinajstić information content (AvgIpc) is 2.75. The lowest BCUT2D eigenvalue weighted by atomic mass is 9.93. The molecule has 0 aromatic carbocycles. The Bertz CT molecular complexity index is 706. The fraction of sp³-hybridized carbons (Fsp3) is 0.684. The van der Waals surface area contributed by atoms with Crippen molar-refractivity contribution in [2.75, 3.05) is 26.2 Å². The Balaban J connectivity index is 1.85. The molecule has 142 valence electrons. The van der Waals surface area contributed by atoms with E-state index in [-0.39, 0.29) is 17.9 Å². The van der Waals surface area contributed by atoms with Crippen molar-refractivity contribution < 1.29 is 14.3 Å². The van der Waals surface area contributed by atoms with Gasteiger partial charge in [0.1, 0.15) is 5.82 Å². The summed E-state index contributed by atoms with van der Waals surface area (Å²) in [4.78, 5) is 38.3. The van der Waals surface area contributed by atoms with Crippen LogP contribution in [0.1, 0.15) is 55.0 Å². The van der Waals surface area contributed by atoms with E-state index in [1.54, 1.807) is 18.0 Å². The molecule has 2 saturated heterocycles. The topological polar surface area (TPSA) is 75.6 Å². The summed E-state index contributed by atoms with van der Waals surface area (Å²) < 4.78 is 6.03. The van der Waals surface area contributed by atoms with Crippen LogP contribution in [0, 0.1) is 13.8 Å². The van der Waals surface area contributed by atoms with Crippen molar-refractivity contribution >= 4 is 11.8 Å². The minimum Gasteiger partial charge on any atom is -0.361 e. The van der Waals surface area contributed by atoms with E-state index in [0.29, 0.717) is 43.2 Å². The number of aryl methyl sites for hydroxylation is 2. The minimum atomic E-state index is -0.922. The van der Waals surface area contributed by atoms with Gasteiger partial charge in [0.15, 0.2) is 5.60 Å². The summed E-state index contributed by atoms with van der Waals surface area (Å²) in [6.45, 7) is 9.55. The van der Waals surface area contributed by atoms with Crippen molar-refractivity contribution in [3.63, 3.8) is 0 Å².